The summed E-state index contributed by atoms with van der Waals surface area (Å²) in [5.41, 5.74) is 13.0. The number of hydrogen-bond acceptors (Lipinski definition) is 2. The van der Waals surface area contributed by atoms with Crippen molar-refractivity contribution in [3.63, 3.8) is 0 Å². The first kappa shape index (κ1) is 20.0. The van der Waals surface area contributed by atoms with Gasteiger partial charge >= 0.3 is 0 Å². The van der Waals surface area contributed by atoms with Gasteiger partial charge in [0.15, 0.2) is 0 Å². The number of benzene rings is 3. The first-order valence-corrected chi connectivity index (χ1v) is 9.81. The van der Waals surface area contributed by atoms with Crippen molar-refractivity contribution in [2.24, 2.45) is 5.73 Å². The maximum atomic E-state index is 6.61. The highest BCUT2D eigenvalue weighted by atomic mass is 35.5. The molecular formula is C25H23ClN4. The second-order valence-electron chi connectivity index (χ2n) is 7.25. The van der Waals surface area contributed by atoms with Crippen LogP contribution in [0.5, 0.6) is 0 Å². The Labute approximate surface area is 181 Å². The summed E-state index contributed by atoms with van der Waals surface area (Å²) < 4.78 is 0. The predicted octanol–water partition coefficient (Wildman–Crippen LogP) is 5.89. The smallest absolute Gasteiger partial charge is 0.124 e. The summed E-state index contributed by atoms with van der Waals surface area (Å²) in [6.07, 6.45) is 2.75. The van der Waals surface area contributed by atoms with Crippen LogP contribution in [0.1, 0.15) is 17.4 Å². The van der Waals surface area contributed by atoms with E-state index in [-0.39, 0.29) is 18.4 Å². The topological polar surface area (TPSA) is 70.5 Å². The molecule has 0 bridgehead atoms. The first-order chi connectivity index (χ1) is 14.3. The number of nitrogens with zero attached hydrogens (tertiary/aromatic N) is 1. The number of nitrogens with one attached hydrogen (secondary N) is 2. The maximum absolute atomic E-state index is 6.61. The molecule has 0 amide bonds. The molecule has 1 atom stereocenters. The van der Waals surface area contributed by atoms with Gasteiger partial charge in [0.25, 0.3) is 0 Å². The summed E-state index contributed by atoms with van der Waals surface area (Å²) in [6, 6.07) is 28.6. The summed E-state index contributed by atoms with van der Waals surface area (Å²) >= 11 is 0. The highest BCUT2D eigenvalue weighted by Gasteiger charge is 2.19. The largest absolute Gasteiger partial charge is 0.361 e. The molecule has 0 fully saturated rings. The molecular weight excluding hydrogens is 392 g/mol. The van der Waals surface area contributed by atoms with Crippen molar-refractivity contribution in [3.05, 3.63) is 103 Å². The molecule has 0 saturated carbocycles. The van der Waals surface area contributed by atoms with Crippen LogP contribution in [0.15, 0.2) is 91.1 Å². The minimum absolute atomic E-state index is 0. The third-order valence-corrected chi connectivity index (χ3v) is 5.30. The van der Waals surface area contributed by atoms with Crippen molar-refractivity contribution in [3.8, 4) is 22.5 Å². The lowest BCUT2D eigenvalue weighted by molar-refractivity contribution is 0.681. The molecule has 150 valence electrons. The summed E-state index contributed by atoms with van der Waals surface area (Å²) in [5, 5.41) is 1.21. The highest BCUT2D eigenvalue weighted by Crippen LogP contribution is 2.32. The van der Waals surface area contributed by atoms with E-state index >= 15 is 0 Å². The van der Waals surface area contributed by atoms with Gasteiger partial charge < -0.3 is 15.7 Å². The SMILES string of the molecule is Cl.N[C@H](Cc1c[nH]c2ccccc12)c1nc(-c2ccccc2)c(-c2ccccc2)[nH]1. The van der Waals surface area contributed by atoms with Crippen LogP contribution in [0, 0.1) is 0 Å². The van der Waals surface area contributed by atoms with E-state index in [2.05, 4.69) is 52.4 Å². The van der Waals surface area contributed by atoms with Crippen molar-refractivity contribution in [2.45, 2.75) is 12.5 Å². The molecule has 4 N–H and O–H groups in total. The van der Waals surface area contributed by atoms with E-state index in [9.17, 15) is 0 Å². The van der Waals surface area contributed by atoms with E-state index in [4.69, 9.17) is 10.7 Å². The lowest BCUT2D eigenvalue weighted by Gasteiger charge is -2.08. The number of para-hydroxylation sites is 1. The van der Waals surface area contributed by atoms with Gasteiger partial charge in [0.1, 0.15) is 5.82 Å². The van der Waals surface area contributed by atoms with Gasteiger partial charge in [-0.1, -0.05) is 78.9 Å². The number of halogens is 1. The predicted molar refractivity (Wildman–Crippen MR) is 126 cm³/mol. The Kier molecular flexibility index (Phi) is 5.70. The van der Waals surface area contributed by atoms with Crippen LogP contribution in [0.3, 0.4) is 0 Å². The van der Waals surface area contributed by atoms with Crippen LogP contribution >= 0.6 is 12.4 Å². The molecule has 30 heavy (non-hydrogen) atoms. The average Bonchev–Trinajstić information content (AvgIpc) is 3.40. The summed E-state index contributed by atoms with van der Waals surface area (Å²) in [7, 11) is 0. The van der Waals surface area contributed by atoms with Crippen molar-refractivity contribution in [1.82, 2.24) is 15.0 Å². The molecule has 0 unspecified atom stereocenters. The summed E-state index contributed by atoms with van der Waals surface area (Å²) in [6.45, 7) is 0. The maximum Gasteiger partial charge on any atom is 0.124 e. The lowest BCUT2D eigenvalue weighted by Crippen LogP contribution is -2.15. The number of imidazole rings is 1. The van der Waals surface area contributed by atoms with E-state index in [1.807, 2.05) is 48.7 Å². The number of fused-ring (bicyclic) bond motifs is 1. The minimum atomic E-state index is -0.228. The molecule has 5 rings (SSSR count). The Bertz CT molecular complexity index is 1190. The van der Waals surface area contributed by atoms with Gasteiger partial charge in [-0.3, -0.25) is 0 Å². The number of H-pyrrole nitrogens is 2. The van der Waals surface area contributed by atoms with Crippen molar-refractivity contribution in [2.75, 3.05) is 0 Å². The van der Waals surface area contributed by atoms with Gasteiger partial charge in [0.05, 0.1) is 17.4 Å². The fraction of sp³-hybridized carbons (Fsp3) is 0.0800. The van der Waals surface area contributed by atoms with E-state index < -0.39 is 0 Å². The van der Waals surface area contributed by atoms with Gasteiger partial charge in [-0.25, -0.2) is 4.98 Å². The van der Waals surface area contributed by atoms with E-state index in [0.29, 0.717) is 6.42 Å². The monoisotopic (exact) mass is 414 g/mol. The molecule has 2 heterocycles. The van der Waals surface area contributed by atoms with E-state index in [1.54, 1.807) is 0 Å². The van der Waals surface area contributed by atoms with Crippen LogP contribution in [-0.2, 0) is 6.42 Å². The molecule has 0 spiro atoms. The fourth-order valence-electron chi connectivity index (χ4n) is 3.82. The third kappa shape index (κ3) is 3.75. The molecule has 0 aliphatic carbocycles. The summed E-state index contributed by atoms with van der Waals surface area (Å²) in [5.74, 6) is 0.799. The number of nitrogens with two attached hydrogens (primary N) is 1. The second-order valence-corrected chi connectivity index (χ2v) is 7.25. The van der Waals surface area contributed by atoms with Crippen LogP contribution in [-0.4, -0.2) is 15.0 Å². The Balaban J connectivity index is 0.00000218. The molecule has 0 radical (unpaired) electrons. The Morgan fingerprint density at radius 1 is 0.800 bits per heavy atom. The summed E-state index contributed by atoms with van der Waals surface area (Å²) in [4.78, 5) is 11.8. The molecule has 0 aliphatic heterocycles. The van der Waals surface area contributed by atoms with Crippen molar-refractivity contribution >= 4 is 23.3 Å². The zero-order valence-electron chi connectivity index (χ0n) is 16.4. The molecule has 0 aliphatic rings. The number of hydrogen-bond donors (Lipinski definition) is 3. The quantitative estimate of drug-likeness (QED) is 0.335. The van der Waals surface area contributed by atoms with E-state index in [0.717, 1.165) is 33.9 Å². The van der Waals surface area contributed by atoms with Crippen LogP contribution in [0.4, 0.5) is 0 Å². The zero-order chi connectivity index (χ0) is 19.6. The van der Waals surface area contributed by atoms with Gasteiger partial charge in [-0.2, -0.15) is 0 Å². The molecule has 2 aromatic heterocycles. The van der Waals surface area contributed by atoms with Crippen LogP contribution in [0.2, 0.25) is 0 Å². The molecule has 5 heteroatoms. The fourth-order valence-corrected chi connectivity index (χ4v) is 3.82. The first-order valence-electron chi connectivity index (χ1n) is 9.81. The number of rotatable bonds is 5. The number of aromatic amines is 2. The highest BCUT2D eigenvalue weighted by molar-refractivity contribution is 5.85. The van der Waals surface area contributed by atoms with Crippen LogP contribution < -0.4 is 5.73 Å². The second kappa shape index (κ2) is 8.57. The molecule has 5 aromatic rings. The Hall–Kier alpha value is -3.34. The Morgan fingerprint density at radius 3 is 2.17 bits per heavy atom. The van der Waals surface area contributed by atoms with Crippen molar-refractivity contribution in [1.29, 1.82) is 0 Å². The van der Waals surface area contributed by atoms with Gasteiger partial charge in [-0.15, -0.1) is 12.4 Å². The standard InChI is InChI=1S/C25H22N4.ClH/c26-21(15-19-16-27-22-14-8-7-13-20(19)22)25-28-23(17-9-3-1-4-10-17)24(29-25)18-11-5-2-6-12-18;/h1-14,16,21,27H,15,26H2,(H,28,29);1H/t21-;/m1./s1. The van der Waals surface area contributed by atoms with Gasteiger partial charge in [0, 0.05) is 28.2 Å². The molecule has 0 saturated heterocycles. The Morgan fingerprint density at radius 2 is 1.43 bits per heavy atom. The van der Waals surface area contributed by atoms with Gasteiger partial charge in [0.2, 0.25) is 0 Å². The zero-order valence-corrected chi connectivity index (χ0v) is 17.2. The molecule has 4 nitrogen and oxygen atoms in total. The van der Waals surface area contributed by atoms with E-state index in [1.165, 1.54) is 10.9 Å². The van der Waals surface area contributed by atoms with Gasteiger partial charge in [-0.05, 0) is 18.1 Å². The third-order valence-electron chi connectivity index (χ3n) is 5.30. The normalized spacial score (nSPS) is 11.9. The van der Waals surface area contributed by atoms with Crippen molar-refractivity contribution < 1.29 is 0 Å². The average molecular weight is 415 g/mol. The lowest BCUT2D eigenvalue weighted by atomic mass is 10.1. The van der Waals surface area contributed by atoms with Crippen LogP contribution in [0.25, 0.3) is 33.4 Å². The number of aromatic nitrogens is 3. The molecule has 3 aromatic carbocycles. The minimum Gasteiger partial charge on any atom is -0.361 e.